The molecule has 0 spiro atoms. The molecule has 0 aliphatic carbocycles. The zero-order valence-corrected chi connectivity index (χ0v) is 13.4. The van der Waals surface area contributed by atoms with E-state index in [1.54, 1.807) is 41.0 Å². The van der Waals surface area contributed by atoms with Gasteiger partial charge in [0.1, 0.15) is 5.82 Å². The summed E-state index contributed by atoms with van der Waals surface area (Å²) >= 11 is 0. The van der Waals surface area contributed by atoms with E-state index in [9.17, 15) is 12.8 Å². The van der Waals surface area contributed by atoms with Crippen molar-refractivity contribution in [1.82, 2.24) is 14.8 Å². The lowest BCUT2D eigenvalue weighted by Gasteiger charge is -2.09. The lowest BCUT2D eigenvalue weighted by molar-refractivity contribution is 0.489. The van der Waals surface area contributed by atoms with Gasteiger partial charge >= 0.3 is 10.3 Å². The second kappa shape index (κ2) is 6.06. The van der Waals surface area contributed by atoms with Gasteiger partial charge in [0.15, 0.2) is 5.65 Å². The van der Waals surface area contributed by atoms with Crippen LogP contribution in [-0.4, -0.2) is 27.7 Å². The predicted molar refractivity (Wildman–Crippen MR) is 87.4 cm³/mol. The van der Waals surface area contributed by atoms with Crippen LogP contribution in [0.25, 0.3) is 11.0 Å². The number of aromatic nitrogens is 3. The Balaban J connectivity index is 1.78. The topological polar surface area (TPSA) is 109 Å². The van der Waals surface area contributed by atoms with E-state index in [0.717, 1.165) is 16.7 Å². The van der Waals surface area contributed by atoms with E-state index < -0.39 is 16.1 Å². The van der Waals surface area contributed by atoms with Gasteiger partial charge in [-0.15, -0.1) is 0 Å². The highest BCUT2D eigenvalue weighted by Gasteiger charge is 2.10. The van der Waals surface area contributed by atoms with Gasteiger partial charge in [-0.2, -0.15) is 13.5 Å². The first-order valence-corrected chi connectivity index (χ1v) is 8.32. The Hall–Kier alpha value is -2.72. The molecule has 3 rings (SSSR count). The van der Waals surface area contributed by atoms with Crippen molar-refractivity contribution in [2.75, 3.05) is 10.0 Å². The van der Waals surface area contributed by atoms with E-state index in [1.165, 1.54) is 12.1 Å². The number of nitrogens with one attached hydrogen (secondary N) is 2. The van der Waals surface area contributed by atoms with Crippen LogP contribution >= 0.6 is 0 Å². The first-order valence-electron chi connectivity index (χ1n) is 6.88. The second-order valence-electron chi connectivity index (χ2n) is 5.11. The molecule has 0 atom stereocenters. The normalized spacial score (nSPS) is 11.6. The molecule has 3 aromatic rings. The monoisotopic (exact) mass is 351 g/mol. The largest absolute Gasteiger partial charge is 0.380 e. The third-order valence-corrected chi connectivity index (χ3v) is 3.87. The maximum absolute atomic E-state index is 13.9. The maximum Gasteiger partial charge on any atom is 0.357 e. The molecule has 0 fully saturated rings. The van der Waals surface area contributed by atoms with Crippen molar-refractivity contribution in [2.24, 2.45) is 7.05 Å². The van der Waals surface area contributed by atoms with E-state index in [4.69, 9.17) is 4.55 Å². The molecule has 24 heavy (non-hydrogen) atoms. The Morgan fingerprint density at radius 1 is 1.29 bits per heavy atom. The summed E-state index contributed by atoms with van der Waals surface area (Å²) in [5.41, 5.74) is 1.80. The minimum absolute atomic E-state index is 0.317. The number of anilines is 2. The number of pyridine rings is 1. The number of hydrogen-bond acceptors (Lipinski definition) is 5. The fourth-order valence-electron chi connectivity index (χ4n) is 2.29. The Labute approximate surface area is 137 Å². The summed E-state index contributed by atoms with van der Waals surface area (Å²) in [4.78, 5) is 4.23. The summed E-state index contributed by atoms with van der Waals surface area (Å²) in [6.07, 6.45) is 3.33. The van der Waals surface area contributed by atoms with Gasteiger partial charge in [0.05, 0.1) is 17.3 Å². The van der Waals surface area contributed by atoms with Crippen molar-refractivity contribution in [2.45, 2.75) is 6.54 Å². The smallest absolute Gasteiger partial charge is 0.357 e. The molecule has 0 aliphatic rings. The minimum Gasteiger partial charge on any atom is -0.380 e. The third kappa shape index (κ3) is 3.44. The zero-order chi connectivity index (χ0) is 17.3. The van der Waals surface area contributed by atoms with Crippen molar-refractivity contribution in [3.8, 4) is 0 Å². The van der Waals surface area contributed by atoms with Gasteiger partial charge < -0.3 is 5.32 Å². The average molecular weight is 351 g/mol. The van der Waals surface area contributed by atoms with Crippen LogP contribution in [-0.2, 0) is 23.9 Å². The van der Waals surface area contributed by atoms with E-state index in [0.29, 0.717) is 12.1 Å². The van der Waals surface area contributed by atoms with Crippen molar-refractivity contribution in [1.29, 1.82) is 0 Å². The third-order valence-electron chi connectivity index (χ3n) is 3.39. The molecule has 10 heteroatoms. The highest BCUT2D eigenvalue weighted by Crippen LogP contribution is 2.22. The molecule has 126 valence electrons. The summed E-state index contributed by atoms with van der Waals surface area (Å²) < 4.78 is 47.4. The highest BCUT2D eigenvalue weighted by atomic mass is 32.2. The van der Waals surface area contributed by atoms with Crippen molar-refractivity contribution in [3.63, 3.8) is 0 Å². The fraction of sp³-hybridized carbons (Fsp3) is 0.143. The number of halogens is 1. The molecule has 2 heterocycles. The van der Waals surface area contributed by atoms with E-state index >= 15 is 0 Å². The van der Waals surface area contributed by atoms with Gasteiger partial charge in [0.25, 0.3) is 0 Å². The molecule has 0 unspecified atom stereocenters. The zero-order valence-electron chi connectivity index (χ0n) is 12.6. The molecule has 0 bridgehead atoms. The number of benzene rings is 1. The van der Waals surface area contributed by atoms with Gasteiger partial charge in [-0.3, -0.25) is 14.0 Å². The molecule has 0 amide bonds. The Morgan fingerprint density at radius 3 is 2.79 bits per heavy atom. The number of aryl methyl sites for hydroxylation is 1. The van der Waals surface area contributed by atoms with Crippen molar-refractivity contribution < 1.29 is 17.4 Å². The fourth-order valence-corrected chi connectivity index (χ4v) is 2.73. The second-order valence-corrected chi connectivity index (χ2v) is 6.26. The number of fused-ring (bicyclic) bond motifs is 1. The first-order chi connectivity index (χ1) is 11.3. The van der Waals surface area contributed by atoms with Gasteiger partial charge in [0.2, 0.25) is 0 Å². The molecule has 3 N–H and O–H groups in total. The summed E-state index contributed by atoms with van der Waals surface area (Å²) in [5, 5.41) is 8.14. The van der Waals surface area contributed by atoms with Gasteiger partial charge in [-0.05, 0) is 23.8 Å². The van der Waals surface area contributed by atoms with Crippen molar-refractivity contribution >= 4 is 32.7 Å². The van der Waals surface area contributed by atoms with Crippen LogP contribution in [0.3, 0.4) is 0 Å². The number of rotatable bonds is 5. The van der Waals surface area contributed by atoms with Gasteiger partial charge in [-0.1, -0.05) is 6.07 Å². The Kier molecular flexibility index (Phi) is 4.08. The summed E-state index contributed by atoms with van der Waals surface area (Å²) in [5.74, 6) is -0.784. The molecule has 2 aromatic heterocycles. The molecular weight excluding hydrogens is 337 g/mol. The quantitative estimate of drug-likeness (QED) is 0.606. The predicted octanol–water partition coefficient (Wildman–Crippen LogP) is 1.93. The molecule has 0 saturated heterocycles. The van der Waals surface area contributed by atoms with E-state index in [1.807, 2.05) is 0 Å². The molecule has 1 aromatic carbocycles. The molecule has 0 aliphatic heterocycles. The molecule has 8 nitrogen and oxygen atoms in total. The standard InChI is InChI=1S/C14H14FN5O3S/c1-20-14-10(8-18-20)12(4-5-16-14)17-7-9-2-3-13(11(15)6-9)19-24(21,22)23/h2-6,8,19H,7H2,1H3,(H,16,17)(H,21,22,23). The molecular formula is C14H14FN5O3S. The lowest BCUT2D eigenvalue weighted by Crippen LogP contribution is -2.12. The van der Waals surface area contributed by atoms with E-state index in [-0.39, 0.29) is 5.69 Å². The first kappa shape index (κ1) is 16.1. The van der Waals surface area contributed by atoms with Crippen LogP contribution in [0.2, 0.25) is 0 Å². The minimum atomic E-state index is -4.51. The SMILES string of the molecule is Cn1ncc2c(NCc3ccc(NS(=O)(=O)O)c(F)c3)ccnc21. The van der Waals surface area contributed by atoms with Crippen LogP contribution in [0, 0.1) is 5.82 Å². The van der Waals surface area contributed by atoms with E-state index in [2.05, 4.69) is 15.4 Å². The average Bonchev–Trinajstić information content (AvgIpc) is 2.89. The van der Waals surface area contributed by atoms with Crippen LogP contribution < -0.4 is 10.0 Å². The van der Waals surface area contributed by atoms with Gasteiger partial charge in [0, 0.05) is 25.5 Å². The Morgan fingerprint density at radius 2 is 2.08 bits per heavy atom. The lowest BCUT2D eigenvalue weighted by atomic mass is 10.2. The van der Waals surface area contributed by atoms with Gasteiger partial charge in [-0.25, -0.2) is 9.37 Å². The number of hydrogen-bond donors (Lipinski definition) is 3. The summed E-state index contributed by atoms with van der Waals surface area (Å²) in [7, 11) is -2.72. The maximum atomic E-state index is 13.9. The number of nitrogens with zero attached hydrogens (tertiary/aromatic N) is 3. The van der Waals surface area contributed by atoms with Crippen LogP contribution in [0.4, 0.5) is 15.8 Å². The highest BCUT2D eigenvalue weighted by molar-refractivity contribution is 7.87. The molecule has 0 saturated carbocycles. The van der Waals surface area contributed by atoms with Crippen LogP contribution in [0.5, 0.6) is 0 Å². The summed E-state index contributed by atoms with van der Waals surface area (Å²) in [6.45, 7) is 0.317. The van der Waals surface area contributed by atoms with Crippen molar-refractivity contribution in [3.05, 3.63) is 48.0 Å². The Bertz CT molecular complexity index is 1000. The summed E-state index contributed by atoms with van der Waals surface area (Å²) in [6, 6.07) is 5.76. The van der Waals surface area contributed by atoms with Crippen LogP contribution in [0.15, 0.2) is 36.7 Å². The van der Waals surface area contributed by atoms with Crippen LogP contribution in [0.1, 0.15) is 5.56 Å². The molecule has 0 radical (unpaired) electrons.